The molecule has 0 amide bonds. The Hall–Kier alpha value is -1.35. The van der Waals surface area contributed by atoms with Crippen LogP contribution in [0.15, 0.2) is 41.5 Å². The van der Waals surface area contributed by atoms with Gasteiger partial charge in [0.2, 0.25) is 0 Å². The fraction of sp³-hybridized carbons (Fsp3) is 0.154. The predicted molar refractivity (Wildman–Crippen MR) is 72.9 cm³/mol. The van der Waals surface area contributed by atoms with Crippen molar-refractivity contribution in [2.45, 2.75) is 6.92 Å². The molecule has 0 saturated heterocycles. The first-order valence-electron chi connectivity index (χ1n) is 5.12. The van der Waals surface area contributed by atoms with E-state index >= 15 is 0 Å². The molecule has 0 radical (unpaired) electrons. The third-order valence-electron chi connectivity index (χ3n) is 2.49. The van der Waals surface area contributed by atoms with Gasteiger partial charge in [0, 0.05) is 28.0 Å². The van der Waals surface area contributed by atoms with Crippen LogP contribution in [-0.4, -0.2) is 11.5 Å². The van der Waals surface area contributed by atoms with Crippen molar-refractivity contribution in [1.82, 2.24) is 4.98 Å². The third kappa shape index (κ3) is 1.95. The summed E-state index contributed by atoms with van der Waals surface area (Å²) in [5.74, 6) is 0.904. The van der Waals surface area contributed by atoms with E-state index in [-0.39, 0.29) is 0 Å². The van der Waals surface area contributed by atoms with E-state index < -0.39 is 0 Å². The van der Waals surface area contributed by atoms with E-state index in [1.165, 1.54) is 10.9 Å². The molecule has 16 heavy (non-hydrogen) atoms. The van der Waals surface area contributed by atoms with Crippen molar-refractivity contribution in [3.8, 4) is 0 Å². The summed E-state index contributed by atoms with van der Waals surface area (Å²) in [6.07, 6.45) is 3.66. The van der Waals surface area contributed by atoms with E-state index in [1.54, 1.807) is 0 Å². The Labute approximate surface area is 104 Å². The Morgan fingerprint density at radius 3 is 3.06 bits per heavy atom. The Morgan fingerprint density at radius 2 is 2.31 bits per heavy atom. The van der Waals surface area contributed by atoms with Crippen LogP contribution in [0.5, 0.6) is 0 Å². The number of nitrogens with zero attached hydrogens (tertiary/aromatic N) is 1. The maximum absolute atomic E-state index is 4.38. The van der Waals surface area contributed by atoms with Gasteiger partial charge in [-0.1, -0.05) is 24.3 Å². The molecule has 1 heterocycles. The highest BCUT2D eigenvalue weighted by molar-refractivity contribution is 9.10. The second-order valence-electron chi connectivity index (χ2n) is 3.62. The standard InChI is InChI=1S/C13H13BrN2/c1-3-7-15-13-10-6-4-5-9(2)12(10)11(14)8-16-13/h3-6,8H,1,7H2,2H3,(H,15,16). The van der Waals surface area contributed by atoms with Gasteiger partial charge in [0.1, 0.15) is 5.82 Å². The quantitative estimate of drug-likeness (QED) is 0.860. The maximum Gasteiger partial charge on any atom is 0.134 e. The second kappa shape index (κ2) is 4.66. The van der Waals surface area contributed by atoms with Crippen molar-refractivity contribution >= 4 is 32.5 Å². The van der Waals surface area contributed by atoms with Gasteiger partial charge in [-0.25, -0.2) is 4.98 Å². The van der Waals surface area contributed by atoms with Crippen molar-refractivity contribution in [2.75, 3.05) is 11.9 Å². The monoisotopic (exact) mass is 276 g/mol. The van der Waals surface area contributed by atoms with E-state index in [1.807, 2.05) is 18.3 Å². The summed E-state index contributed by atoms with van der Waals surface area (Å²) in [6, 6.07) is 6.22. The van der Waals surface area contributed by atoms with E-state index in [4.69, 9.17) is 0 Å². The molecule has 0 aliphatic rings. The molecule has 0 spiro atoms. The molecule has 0 aliphatic heterocycles. The average molecular weight is 277 g/mol. The van der Waals surface area contributed by atoms with Gasteiger partial charge in [0.15, 0.2) is 0 Å². The Morgan fingerprint density at radius 1 is 1.50 bits per heavy atom. The number of anilines is 1. The van der Waals surface area contributed by atoms with Crippen LogP contribution in [0.4, 0.5) is 5.82 Å². The number of halogens is 1. The first kappa shape index (κ1) is 11.1. The molecule has 3 heteroatoms. The first-order chi connectivity index (χ1) is 7.74. The number of rotatable bonds is 3. The lowest BCUT2D eigenvalue weighted by Gasteiger charge is -2.10. The molecule has 2 rings (SSSR count). The first-order valence-corrected chi connectivity index (χ1v) is 5.92. The van der Waals surface area contributed by atoms with Crippen molar-refractivity contribution in [3.63, 3.8) is 0 Å². The molecule has 0 saturated carbocycles. The summed E-state index contributed by atoms with van der Waals surface area (Å²) in [5, 5.41) is 5.59. The van der Waals surface area contributed by atoms with E-state index in [9.17, 15) is 0 Å². The Balaban J connectivity index is 2.64. The number of fused-ring (bicyclic) bond motifs is 1. The summed E-state index contributed by atoms with van der Waals surface area (Å²) in [4.78, 5) is 4.38. The van der Waals surface area contributed by atoms with Gasteiger partial charge >= 0.3 is 0 Å². The average Bonchev–Trinajstić information content (AvgIpc) is 2.28. The maximum atomic E-state index is 4.38. The van der Waals surface area contributed by atoms with Gasteiger partial charge in [0.05, 0.1) is 0 Å². The molecule has 1 aromatic heterocycles. The number of aromatic nitrogens is 1. The summed E-state index contributed by atoms with van der Waals surface area (Å²) in [6.45, 7) is 6.51. The predicted octanol–water partition coefficient (Wildman–Crippen LogP) is 3.90. The zero-order chi connectivity index (χ0) is 11.5. The SMILES string of the molecule is C=CCNc1ncc(Br)c2c(C)cccc12. The minimum atomic E-state index is 0.720. The van der Waals surface area contributed by atoms with Gasteiger partial charge in [-0.2, -0.15) is 0 Å². The van der Waals surface area contributed by atoms with Crippen molar-refractivity contribution < 1.29 is 0 Å². The summed E-state index contributed by atoms with van der Waals surface area (Å²) >= 11 is 3.54. The molecular weight excluding hydrogens is 264 g/mol. The molecule has 1 N–H and O–H groups in total. The van der Waals surface area contributed by atoms with Crippen LogP contribution in [0.1, 0.15) is 5.56 Å². The minimum Gasteiger partial charge on any atom is -0.366 e. The van der Waals surface area contributed by atoms with Crippen LogP contribution in [0.25, 0.3) is 10.8 Å². The number of benzene rings is 1. The molecule has 0 atom stereocenters. The van der Waals surface area contributed by atoms with Crippen LogP contribution in [0.3, 0.4) is 0 Å². The fourth-order valence-electron chi connectivity index (χ4n) is 1.75. The lowest BCUT2D eigenvalue weighted by atomic mass is 10.1. The topological polar surface area (TPSA) is 24.9 Å². The minimum absolute atomic E-state index is 0.720. The van der Waals surface area contributed by atoms with E-state index in [0.717, 1.165) is 22.2 Å². The molecule has 2 aromatic rings. The highest BCUT2D eigenvalue weighted by Crippen LogP contribution is 2.30. The van der Waals surface area contributed by atoms with Crippen LogP contribution >= 0.6 is 15.9 Å². The fourth-order valence-corrected chi connectivity index (χ4v) is 2.38. The smallest absolute Gasteiger partial charge is 0.134 e. The van der Waals surface area contributed by atoms with Crippen molar-refractivity contribution in [1.29, 1.82) is 0 Å². The number of nitrogens with one attached hydrogen (secondary N) is 1. The summed E-state index contributed by atoms with van der Waals surface area (Å²) in [5.41, 5.74) is 1.24. The highest BCUT2D eigenvalue weighted by Gasteiger charge is 2.06. The molecule has 2 nitrogen and oxygen atoms in total. The number of hydrogen-bond donors (Lipinski definition) is 1. The van der Waals surface area contributed by atoms with Gasteiger partial charge in [0.25, 0.3) is 0 Å². The van der Waals surface area contributed by atoms with Crippen LogP contribution in [0, 0.1) is 6.92 Å². The normalized spacial score (nSPS) is 10.4. The Kier molecular flexibility index (Phi) is 3.25. The zero-order valence-electron chi connectivity index (χ0n) is 9.13. The van der Waals surface area contributed by atoms with Gasteiger partial charge in [-0.3, -0.25) is 0 Å². The second-order valence-corrected chi connectivity index (χ2v) is 4.48. The molecule has 0 fully saturated rings. The largest absolute Gasteiger partial charge is 0.366 e. The van der Waals surface area contributed by atoms with Crippen LogP contribution in [-0.2, 0) is 0 Å². The van der Waals surface area contributed by atoms with Crippen molar-refractivity contribution in [3.05, 3.63) is 47.1 Å². The van der Waals surface area contributed by atoms with Gasteiger partial charge in [-0.15, -0.1) is 6.58 Å². The van der Waals surface area contributed by atoms with E-state index in [0.29, 0.717) is 0 Å². The zero-order valence-corrected chi connectivity index (χ0v) is 10.7. The van der Waals surface area contributed by atoms with Crippen LogP contribution in [0.2, 0.25) is 0 Å². The highest BCUT2D eigenvalue weighted by atomic mass is 79.9. The van der Waals surface area contributed by atoms with Crippen molar-refractivity contribution in [2.24, 2.45) is 0 Å². The van der Waals surface area contributed by atoms with E-state index in [2.05, 4.69) is 51.9 Å². The number of hydrogen-bond acceptors (Lipinski definition) is 2. The van der Waals surface area contributed by atoms with Gasteiger partial charge in [-0.05, 0) is 28.4 Å². The molecule has 82 valence electrons. The third-order valence-corrected chi connectivity index (χ3v) is 3.09. The summed E-state index contributed by atoms with van der Waals surface area (Å²) in [7, 11) is 0. The molecule has 1 aromatic carbocycles. The number of pyridine rings is 1. The number of aryl methyl sites for hydroxylation is 1. The molecular formula is C13H13BrN2. The van der Waals surface area contributed by atoms with Gasteiger partial charge < -0.3 is 5.32 Å². The molecule has 0 unspecified atom stereocenters. The Bertz CT molecular complexity index is 526. The summed E-state index contributed by atoms with van der Waals surface area (Å²) < 4.78 is 1.03. The molecule has 0 bridgehead atoms. The lowest BCUT2D eigenvalue weighted by molar-refractivity contribution is 1.24. The van der Waals surface area contributed by atoms with Crippen LogP contribution < -0.4 is 5.32 Å². The molecule has 0 aliphatic carbocycles. The lowest BCUT2D eigenvalue weighted by Crippen LogP contribution is -2.01.